The van der Waals surface area contributed by atoms with Gasteiger partial charge in [-0.25, -0.2) is 4.39 Å². The molecule has 0 spiro atoms. The summed E-state index contributed by atoms with van der Waals surface area (Å²) >= 11 is 0. The van der Waals surface area contributed by atoms with Gasteiger partial charge in [-0.15, -0.1) is 0 Å². The summed E-state index contributed by atoms with van der Waals surface area (Å²) in [6.07, 6.45) is -5.77. The number of halogens is 6. The van der Waals surface area contributed by atoms with Crippen molar-refractivity contribution in [1.29, 1.82) is 0 Å². The van der Waals surface area contributed by atoms with Crippen molar-refractivity contribution in [3.8, 4) is 0 Å². The average Bonchev–Trinajstić information content (AvgIpc) is 2.14. The molecule has 0 heterocycles. The van der Waals surface area contributed by atoms with Crippen LogP contribution in [0.1, 0.15) is 11.6 Å². The van der Waals surface area contributed by atoms with Crippen LogP contribution in [0.25, 0.3) is 0 Å². The number of alkyl halides is 5. The number of nitrogens with two attached hydrogens (primary N) is 1. The second kappa shape index (κ2) is 3.97. The zero-order chi connectivity index (χ0) is 12.6. The zero-order valence-electron chi connectivity index (χ0n) is 7.73. The second-order valence-corrected chi connectivity index (χ2v) is 3.15. The average molecular weight is 243 g/mol. The molecule has 16 heavy (non-hydrogen) atoms. The lowest BCUT2D eigenvalue weighted by molar-refractivity contribution is -0.291. The van der Waals surface area contributed by atoms with Gasteiger partial charge in [0.15, 0.2) is 0 Å². The SMILES string of the molecule is N[C@@H](c1cccc(F)c1)C(F)(F)C(F)(F)F. The van der Waals surface area contributed by atoms with Gasteiger partial charge in [-0.1, -0.05) is 12.1 Å². The third-order valence-electron chi connectivity index (χ3n) is 1.98. The predicted octanol–water partition coefficient (Wildman–Crippen LogP) is 3.02. The molecule has 0 amide bonds. The van der Waals surface area contributed by atoms with Crippen molar-refractivity contribution in [2.24, 2.45) is 5.73 Å². The van der Waals surface area contributed by atoms with E-state index >= 15 is 0 Å². The van der Waals surface area contributed by atoms with Gasteiger partial charge in [0.05, 0.1) is 0 Å². The molecule has 0 aliphatic rings. The fourth-order valence-electron chi connectivity index (χ4n) is 1.09. The Labute approximate surface area is 86.9 Å². The van der Waals surface area contributed by atoms with E-state index in [4.69, 9.17) is 5.73 Å². The fraction of sp³-hybridized carbons (Fsp3) is 0.333. The van der Waals surface area contributed by atoms with Crippen molar-refractivity contribution in [2.45, 2.75) is 18.1 Å². The monoisotopic (exact) mass is 243 g/mol. The van der Waals surface area contributed by atoms with Gasteiger partial charge in [0.25, 0.3) is 0 Å². The molecule has 0 aromatic heterocycles. The Morgan fingerprint density at radius 2 is 1.62 bits per heavy atom. The molecule has 1 nitrogen and oxygen atoms in total. The quantitative estimate of drug-likeness (QED) is 0.794. The molecule has 0 bridgehead atoms. The van der Waals surface area contributed by atoms with E-state index in [0.717, 1.165) is 18.2 Å². The van der Waals surface area contributed by atoms with E-state index in [9.17, 15) is 26.3 Å². The first-order chi connectivity index (χ1) is 7.16. The van der Waals surface area contributed by atoms with Crippen LogP contribution >= 0.6 is 0 Å². The van der Waals surface area contributed by atoms with Crippen LogP contribution in [-0.4, -0.2) is 12.1 Å². The molecule has 90 valence electrons. The maximum Gasteiger partial charge on any atom is 0.455 e. The summed E-state index contributed by atoms with van der Waals surface area (Å²) in [5.74, 6) is -6.02. The van der Waals surface area contributed by atoms with E-state index in [1.807, 2.05) is 0 Å². The Kier molecular flexibility index (Phi) is 3.18. The Balaban J connectivity index is 3.07. The van der Waals surface area contributed by atoms with E-state index in [0.29, 0.717) is 6.07 Å². The highest BCUT2D eigenvalue weighted by Crippen LogP contribution is 2.43. The van der Waals surface area contributed by atoms with E-state index < -0.39 is 29.5 Å². The molecule has 0 radical (unpaired) electrons. The van der Waals surface area contributed by atoms with E-state index in [1.54, 1.807) is 0 Å². The molecule has 2 N–H and O–H groups in total. The summed E-state index contributed by atoms with van der Waals surface area (Å²) < 4.78 is 74.0. The van der Waals surface area contributed by atoms with Gasteiger partial charge in [0, 0.05) is 0 Å². The first-order valence-corrected chi connectivity index (χ1v) is 4.12. The molecule has 0 aliphatic carbocycles. The molecule has 0 unspecified atom stereocenters. The second-order valence-electron chi connectivity index (χ2n) is 3.15. The van der Waals surface area contributed by atoms with Crippen molar-refractivity contribution in [3.63, 3.8) is 0 Å². The minimum Gasteiger partial charge on any atom is -0.319 e. The third kappa shape index (κ3) is 2.29. The molecule has 7 heteroatoms. The van der Waals surface area contributed by atoms with Gasteiger partial charge in [-0.2, -0.15) is 22.0 Å². The normalized spacial score (nSPS) is 14.9. The molecular weight excluding hydrogens is 236 g/mol. The maximum absolute atomic E-state index is 12.8. The standard InChI is InChI=1S/C9H7F6N/c10-6-3-1-2-5(4-6)7(16)8(11,12)9(13,14)15/h1-4,7H,16H2/t7-/m0/s1. The first kappa shape index (κ1) is 12.8. The smallest absolute Gasteiger partial charge is 0.319 e. The van der Waals surface area contributed by atoms with Crippen molar-refractivity contribution < 1.29 is 26.3 Å². The fourth-order valence-corrected chi connectivity index (χ4v) is 1.09. The molecule has 1 aromatic carbocycles. The van der Waals surface area contributed by atoms with Gasteiger partial charge < -0.3 is 5.73 Å². The summed E-state index contributed by atoms with van der Waals surface area (Å²) in [7, 11) is 0. The zero-order valence-corrected chi connectivity index (χ0v) is 7.73. The molecule has 0 aliphatic heterocycles. The topological polar surface area (TPSA) is 26.0 Å². The van der Waals surface area contributed by atoms with Crippen LogP contribution in [-0.2, 0) is 0 Å². The van der Waals surface area contributed by atoms with Crippen LogP contribution in [0, 0.1) is 5.82 Å². The summed E-state index contributed by atoms with van der Waals surface area (Å²) in [4.78, 5) is 0. The molecule has 1 atom stereocenters. The number of hydrogen-bond acceptors (Lipinski definition) is 1. The summed E-state index contributed by atoms with van der Waals surface area (Å²) in [5, 5.41) is 0. The van der Waals surface area contributed by atoms with Gasteiger partial charge in [0.1, 0.15) is 11.9 Å². The number of hydrogen-bond donors (Lipinski definition) is 1. The molecule has 0 saturated heterocycles. The van der Waals surface area contributed by atoms with Crippen LogP contribution in [0.2, 0.25) is 0 Å². The number of benzene rings is 1. The molecule has 1 rings (SSSR count). The largest absolute Gasteiger partial charge is 0.455 e. The van der Waals surface area contributed by atoms with Crippen LogP contribution < -0.4 is 5.73 Å². The van der Waals surface area contributed by atoms with Crippen molar-refractivity contribution in [3.05, 3.63) is 35.6 Å². The van der Waals surface area contributed by atoms with Gasteiger partial charge in [-0.05, 0) is 17.7 Å². The predicted molar refractivity (Wildman–Crippen MR) is 44.3 cm³/mol. The van der Waals surface area contributed by atoms with Gasteiger partial charge in [0.2, 0.25) is 0 Å². The minimum atomic E-state index is -5.77. The number of rotatable bonds is 2. The van der Waals surface area contributed by atoms with Crippen LogP contribution in [0.15, 0.2) is 24.3 Å². The highest BCUT2D eigenvalue weighted by molar-refractivity contribution is 5.22. The van der Waals surface area contributed by atoms with Gasteiger partial charge in [-0.3, -0.25) is 0 Å². The Morgan fingerprint density at radius 1 is 1.06 bits per heavy atom. The van der Waals surface area contributed by atoms with Crippen LogP contribution in [0.5, 0.6) is 0 Å². The lowest BCUT2D eigenvalue weighted by atomic mass is 10.0. The van der Waals surface area contributed by atoms with Crippen molar-refractivity contribution in [2.75, 3.05) is 0 Å². The summed E-state index contributed by atoms with van der Waals surface area (Å²) in [6, 6.07) is 0.764. The molecule has 0 fully saturated rings. The lowest BCUT2D eigenvalue weighted by Gasteiger charge is -2.25. The molecule has 1 aromatic rings. The molecule has 0 saturated carbocycles. The Bertz CT molecular complexity index is 373. The van der Waals surface area contributed by atoms with Crippen LogP contribution in [0.3, 0.4) is 0 Å². The van der Waals surface area contributed by atoms with E-state index in [2.05, 4.69) is 0 Å². The summed E-state index contributed by atoms with van der Waals surface area (Å²) in [6.45, 7) is 0. The first-order valence-electron chi connectivity index (χ1n) is 4.12. The Hall–Kier alpha value is -1.24. The highest BCUT2D eigenvalue weighted by atomic mass is 19.4. The maximum atomic E-state index is 12.8. The van der Waals surface area contributed by atoms with Gasteiger partial charge >= 0.3 is 12.1 Å². The van der Waals surface area contributed by atoms with Crippen LogP contribution in [0.4, 0.5) is 26.3 Å². The highest BCUT2D eigenvalue weighted by Gasteiger charge is 2.61. The lowest BCUT2D eigenvalue weighted by Crippen LogP contribution is -2.45. The van der Waals surface area contributed by atoms with Crippen molar-refractivity contribution >= 4 is 0 Å². The summed E-state index contributed by atoms with van der Waals surface area (Å²) in [5.41, 5.74) is 4.18. The molecular formula is C9H7F6N. The third-order valence-corrected chi connectivity index (χ3v) is 1.98. The minimum absolute atomic E-state index is 0.546. The van der Waals surface area contributed by atoms with E-state index in [-0.39, 0.29) is 0 Å². The van der Waals surface area contributed by atoms with Crippen molar-refractivity contribution in [1.82, 2.24) is 0 Å². The Morgan fingerprint density at radius 3 is 2.06 bits per heavy atom. The van der Waals surface area contributed by atoms with E-state index in [1.165, 1.54) is 0 Å².